The molecule has 0 aliphatic heterocycles. The predicted molar refractivity (Wildman–Crippen MR) is 86.5 cm³/mol. The molecule has 0 heterocycles. The number of nitrogens with one attached hydrogen (secondary N) is 1. The summed E-state index contributed by atoms with van der Waals surface area (Å²) < 4.78 is 0. The Morgan fingerprint density at radius 3 is 2.16 bits per heavy atom. The van der Waals surface area contributed by atoms with Gasteiger partial charge in [0.1, 0.15) is 0 Å². The fourth-order valence-electron chi connectivity index (χ4n) is 4.02. The van der Waals surface area contributed by atoms with E-state index in [2.05, 4.69) is 33.0 Å². The summed E-state index contributed by atoms with van der Waals surface area (Å²) in [6.07, 6.45) is 12.7. The molecule has 1 nitrogen and oxygen atoms in total. The summed E-state index contributed by atoms with van der Waals surface area (Å²) in [4.78, 5) is 0. The average molecular weight is 268 g/mol. The van der Waals surface area contributed by atoms with Crippen LogP contribution in [0.4, 0.5) is 0 Å². The second-order valence-electron chi connectivity index (χ2n) is 6.82. The molecule has 1 saturated carbocycles. The monoisotopic (exact) mass is 267 g/mol. The first-order valence-electron chi connectivity index (χ1n) is 8.96. The van der Waals surface area contributed by atoms with E-state index >= 15 is 0 Å². The van der Waals surface area contributed by atoms with E-state index in [1.54, 1.807) is 0 Å². The molecule has 2 unspecified atom stereocenters. The van der Waals surface area contributed by atoms with E-state index in [1.165, 1.54) is 64.3 Å². The molecule has 1 rings (SSSR count). The third-order valence-electron chi connectivity index (χ3n) is 5.08. The normalized spacial score (nSPS) is 27.2. The molecule has 2 atom stereocenters. The van der Waals surface area contributed by atoms with Crippen LogP contribution in [0, 0.1) is 17.8 Å². The Kier molecular flexibility index (Phi) is 8.77. The lowest BCUT2D eigenvalue weighted by Crippen LogP contribution is -2.43. The molecule has 0 amide bonds. The molecule has 0 aromatic rings. The van der Waals surface area contributed by atoms with E-state index in [4.69, 9.17) is 0 Å². The first-order valence-corrected chi connectivity index (χ1v) is 8.96. The second kappa shape index (κ2) is 9.80. The summed E-state index contributed by atoms with van der Waals surface area (Å²) in [6, 6.07) is 0.780. The van der Waals surface area contributed by atoms with Gasteiger partial charge in [0.25, 0.3) is 0 Å². The van der Waals surface area contributed by atoms with Crippen molar-refractivity contribution in [1.82, 2.24) is 5.32 Å². The van der Waals surface area contributed by atoms with Crippen molar-refractivity contribution in [2.45, 2.75) is 91.5 Å². The lowest BCUT2D eigenvalue weighted by Gasteiger charge is -2.37. The first kappa shape index (κ1) is 17.0. The van der Waals surface area contributed by atoms with Gasteiger partial charge in [-0.15, -0.1) is 0 Å². The van der Waals surface area contributed by atoms with Crippen molar-refractivity contribution in [2.75, 3.05) is 6.54 Å². The van der Waals surface area contributed by atoms with Crippen LogP contribution >= 0.6 is 0 Å². The SMILES string of the molecule is CCCNC(C(C)CCC)C1CCC(CCC)CC1. The molecule has 0 saturated heterocycles. The minimum Gasteiger partial charge on any atom is -0.313 e. The van der Waals surface area contributed by atoms with Crippen LogP contribution in [-0.4, -0.2) is 12.6 Å². The molecule has 0 aromatic carbocycles. The number of hydrogen-bond donors (Lipinski definition) is 1. The van der Waals surface area contributed by atoms with E-state index in [9.17, 15) is 0 Å². The quantitative estimate of drug-likeness (QED) is 0.590. The van der Waals surface area contributed by atoms with Crippen molar-refractivity contribution in [3.8, 4) is 0 Å². The highest BCUT2D eigenvalue weighted by Crippen LogP contribution is 2.35. The Labute approximate surface area is 121 Å². The summed E-state index contributed by atoms with van der Waals surface area (Å²) >= 11 is 0. The van der Waals surface area contributed by atoms with Crippen LogP contribution in [0.25, 0.3) is 0 Å². The lowest BCUT2D eigenvalue weighted by atomic mass is 9.73. The summed E-state index contributed by atoms with van der Waals surface area (Å²) in [5.41, 5.74) is 0. The van der Waals surface area contributed by atoms with Crippen LogP contribution in [0.2, 0.25) is 0 Å². The molecule has 1 aliphatic carbocycles. The maximum atomic E-state index is 3.87. The molecule has 114 valence electrons. The topological polar surface area (TPSA) is 12.0 Å². The maximum absolute atomic E-state index is 3.87. The van der Waals surface area contributed by atoms with Gasteiger partial charge in [-0.1, -0.05) is 59.8 Å². The highest BCUT2D eigenvalue weighted by atomic mass is 14.9. The van der Waals surface area contributed by atoms with Crippen LogP contribution in [0.15, 0.2) is 0 Å². The van der Waals surface area contributed by atoms with Crippen LogP contribution < -0.4 is 5.32 Å². The van der Waals surface area contributed by atoms with Crippen molar-refractivity contribution in [1.29, 1.82) is 0 Å². The standard InChI is InChI=1S/C18H37N/c1-5-8-15(4)18(19-14-7-3)17-12-10-16(9-6-2)11-13-17/h15-19H,5-14H2,1-4H3. The second-order valence-corrected chi connectivity index (χ2v) is 6.82. The van der Waals surface area contributed by atoms with Gasteiger partial charge < -0.3 is 5.32 Å². The Bertz CT molecular complexity index is 206. The lowest BCUT2D eigenvalue weighted by molar-refractivity contribution is 0.174. The predicted octanol–water partition coefficient (Wildman–Crippen LogP) is 5.40. The zero-order valence-corrected chi connectivity index (χ0v) is 13.9. The van der Waals surface area contributed by atoms with Gasteiger partial charge in [-0.05, 0) is 50.0 Å². The first-order chi connectivity index (χ1) is 9.22. The molecular formula is C18H37N. The third-order valence-corrected chi connectivity index (χ3v) is 5.08. The number of hydrogen-bond acceptors (Lipinski definition) is 1. The molecule has 1 aliphatic rings. The Balaban J connectivity index is 2.46. The Morgan fingerprint density at radius 1 is 0.947 bits per heavy atom. The molecule has 1 fully saturated rings. The third kappa shape index (κ3) is 5.85. The molecule has 1 N–H and O–H groups in total. The molecular weight excluding hydrogens is 230 g/mol. The molecule has 0 spiro atoms. The minimum atomic E-state index is 0.780. The summed E-state index contributed by atoms with van der Waals surface area (Å²) in [5, 5.41) is 3.87. The van der Waals surface area contributed by atoms with Crippen molar-refractivity contribution >= 4 is 0 Å². The summed E-state index contributed by atoms with van der Waals surface area (Å²) in [7, 11) is 0. The Morgan fingerprint density at radius 2 is 1.63 bits per heavy atom. The molecule has 0 bridgehead atoms. The molecule has 0 aromatic heterocycles. The largest absolute Gasteiger partial charge is 0.313 e. The van der Waals surface area contributed by atoms with Crippen molar-refractivity contribution in [2.24, 2.45) is 17.8 Å². The molecule has 0 radical (unpaired) electrons. The highest BCUT2D eigenvalue weighted by molar-refractivity contribution is 4.85. The van der Waals surface area contributed by atoms with Gasteiger partial charge in [0.05, 0.1) is 0 Å². The van der Waals surface area contributed by atoms with Crippen LogP contribution in [0.1, 0.15) is 85.5 Å². The van der Waals surface area contributed by atoms with Gasteiger partial charge in [-0.25, -0.2) is 0 Å². The fraction of sp³-hybridized carbons (Fsp3) is 1.00. The van der Waals surface area contributed by atoms with Gasteiger partial charge in [0, 0.05) is 6.04 Å². The van der Waals surface area contributed by atoms with Crippen molar-refractivity contribution in [3.63, 3.8) is 0 Å². The highest BCUT2D eigenvalue weighted by Gasteiger charge is 2.29. The van der Waals surface area contributed by atoms with E-state index in [1.807, 2.05) is 0 Å². The van der Waals surface area contributed by atoms with Gasteiger partial charge in [0.2, 0.25) is 0 Å². The maximum Gasteiger partial charge on any atom is 0.0121 e. The summed E-state index contributed by atoms with van der Waals surface area (Å²) in [6.45, 7) is 10.6. The van der Waals surface area contributed by atoms with Gasteiger partial charge >= 0.3 is 0 Å². The molecule has 19 heavy (non-hydrogen) atoms. The minimum absolute atomic E-state index is 0.780. The van der Waals surface area contributed by atoms with E-state index in [-0.39, 0.29) is 0 Å². The van der Waals surface area contributed by atoms with E-state index < -0.39 is 0 Å². The van der Waals surface area contributed by atoms with Gasteiger partial charge in [-0.2, -0.15) is 0 Å². The van der Waals surface area contributed by atoms with Crippen LogP contribution in [0.3, 0.4) is 0 Å². The van der Waals surface area contributed by atoms with Crippen LogP contribution in [0.5, 0.6) is 0 Å². The Hall–Kier alpha value is -0.0400. The zero-order chi connectivity index (χ0) is 14.1. The van der Waals surface area contributed by atoms with Crippen LogP contribution in [-0.2, 0) is 0 Å². The van der Waals surface area contributed by atoms with Gasteiger partial charge in [-0.3, -0.25) is 0 Å². The fourth-order valence-corrected chi connectivity index (χ4v) is 4.02. The number of rotatable bonds is 9. The van der Waals surface area contributed by atoms with E-state index in [0.717, 1.165) is 23.8 Å². The molecule has 1 heteroatoms. The average Bonchev–Trinajstić information content (AvgIpc) is 2.41. The van der Waals surface area contributed by atoms with Crippen molar-refractivity contribution < 1.29 is 0 Å². The van der Waals surface area contributed by atoms with Gasteiger partial charge in [0.15, 0.2) is 0 Å². The smallest absolute Gasteiger partial charge is 0.0121 e. The van der Waals surface area contributed by atoms with Crippen molar-refractivity contribution in [3.05, 3.63) is 0 Å². The summed E-state index contributed by atoms with van der Waals surface area (Å²) in [5.74, 6) is 2.83. The zero-order valence-electron chi connectivity index (χ0n) is 13.9. The van der Waals surface area contributed by atoms with E-state index in [0.29, 0.717) is 0 Å².